The molecule has 3 aromatic rings. The van der Waals surface area contributed by atoms with Gasteiger partial charge in [0.15, 0.2) is 0 Å². The van der Waals surface area contributed by atoms with Crippen LogP contribution in [0.15, 0.2) is 42.5 Å². The van der Waals surface area contributed by atoms with Crippen molar-refractivity contribution in [3.05, 3.63) is 59.4 Å². The molecule has 5 heteroatoms. The summed E-state index contributed by atoms with van der Waals surface area (Å²) in [6.07, 6.45) is 5.59. The number of aromatic nitrogens is 2. The van der Waals surface area contributed by atoms with Gasteiger partial charge in [-0.25, -0.2) is 4.98 Å². The number of fused-ring (bicyclic) bond motifs is 1. The average Bonchev–Trinajstić information content (AvgIpc) is 3.11. The number of benzene rings is 2. The summed E-state index contributed by atoms with van der Waals surface area (Å²) in [6, 6.07) is 14.5. The van der Waals surface area contributed by atoms with Gasteiger partial charge in [0, 0.05) is 19.4 Å². The Morgan fingerprint density at radius 3 is 2.71 bits per heavy atom. The standard InChI is InChI=1S/C26H35N3O2/c1-4-10-26(30)27-16-9-5-6-13-25-28-23-11-7-8-12-24(23)29(25)17-18-31-22-15-14-20(2)21(3)19-22/h7-8,11-12,14-15,19H,4-6,9-10,13,16-18H2,1-3H3,(H,27,30). The first-order valence-corrected chi connectivity index (χ1v) is 11.5. The summed E-state index contributed by atoms with van der Waals surface area (Å²) in [7, 11) is 0. The molecule has 0 aliphatic rings. The van der Waals surface area contributed by atoms with Gasteiger partial charge in [-0.3, -0.25) is 4.79 Å². The minimum atomic E-state index is 0.160. The first kappa shape index (κ1) is 22.9. The second-order valence-electron chi connectivity index (χ2n) is 8.17. The third-order valence-electron chi connectivity index (χ3n) is 5.67. The van der Waals surface area contributed by atoms with Gasteiger partial charge in [0.25, 0.3) is 0 Å². The van der Waals surface area contributed by atoms with Gasteiger partial charge in [0.05, 0.1) is 17.6 Å². The van der Waals surface area contributed by atoms with Crippen molar-refractivity contribution >= 4 is 16.9 Å². The monoisotopic (exact) mass is 421 g/mol. The fourth-order valence-corrected chi connectivity index (χ4v) is 3.75. The predicted molar refractivity (Wildman–Crippen MR) is 127 cm³/mol. The highest BCUT2D eigenvalue weighted by Crippen LogP contribution is 2.19. The summed E-state index contributed by atoms with van der Waals surface area (Å²) in [5.41, 5.74) is 4.72. The van der Waals surface area contributed by atoms with Gasteiger partial charge in [-0.2, -0.15) is 0 Å². The average molecular weight is 422 g/mol. The van der Waals surface area contributed by atoms with E-state index in [2.05, 4.69) is 54.1 Å². The number of ether oxygens (including phenoxy) is 1. The van der Waals surface area contributed by atoms with Crippen LogP contribution in [0.2, 0.25) is 0 Å². The first-order valence-electron chi connectivity index (χ1n) is 11.5. The van der Waals surface area contributed by atoms with Gasteiger partial charge in [0.1, 0.15) is 18.2 Å². The lowest BCUT2D eigenvalue weighted by molar-refractivity contribution is -0.121. The van der Waals surface area contributed by atoms with Crippen molar-refractivity contribution in [2.24, 2.45) is 0 Å². The maximum atomic E-state index is 11.5. The zero-order valence-corrected chi connectivity index (χ0v) is 19.1. The van der Waals surface area contributed by atoms with Crippen molar-refractivity contribution in [1.82, 2.24) is 14.9 Å². The number of carbonyl (C=O) groups is 1. The van der Waals surface area contributed by atoms with E-state index in [1.54, 1.807) is 0 Å². The van der Waals surface area contributed by atoms with Crippen molar-refractivity contribution in [1.29, 1.82) is 0 Å². The van der Waals surface area contributed by atoms with Gasteiger partial charge in [-0.15, -0.1) is 0 Å². The van der Waals surface area contributed by atoms with Crippen LogP contribution in [-0.4, -0.2) is 28.6 Å². The molecule has 166 valence electrons. The molecule has 0 unspecified atom stereocenters. The molecule has 1 N–H and O–H groups in total. The van der Waals surface area contributed by atoms with Crippen LogP contribution in [0.3, 0.4) is 0 Å². The lowest BCUT2D eigenvalue weighted by Crippen LogP contribution is -2.23. The molecule has 31 heavy (non-hydrogen) atoms. The van der Waals surface area contributed by atoms with Crippen LogP contribution in [0.5, 0.6) is 5.75 Å². The van der Waals surface area contributed by atoms with Crippen LogP contribution in [0.1, 0.15) is 56.0 Å². The van der Waals surface area contributed by atoms with Crippen LogP contribution in [0.25, 0.3) is 11.0 Å². The van der Waals surface area contributed by atoms with Crippen LogP contribution in [-0.2, 0) is 17.8 Å². The molecule has 0 fully saturated rings. The molecule has 0 atom stereocenters. The highest BCUT2D eigenvalue weighted by Gasteiger charge is 2.10. The van der Waals surface area contributed by atoms with Gasteiger partial charge < -0.3 is 14.6 Å². The molecule has 3 rings (SSSR count). The summed E-state index contributed by atoms with van der Waals surface area (Å²) < 4.78 is 8.32. The molecular weight excluding hydrogens is 386 g/mol. The van der Waals surface area contributed by atoms with Crippen LogP contribution in [0.4, 0.5) is 0 Å². The van der Waals surface area contributed by atoms with E-state index >= 15 is 0 Å². The van der Waals surface area contributed by atoms with E-state index in [1.807, 2.05) is 19.1 Å². The second kappa shape index (κ2) is 11.5. The summed E-state index contributed by atoms with van der Waals surface area (Å²) in [6.45, 7) is 8.40. The number of nitrogens with one attached hydrogen (secondary N) is 1. The largest absolute Gasteiger partial charge is 0.492 e. The number of rotatable bonds is 12. The van der Waals surface area contributed by atoms with E-state index in [1.165, 1.54) is 11.1 Å². The SMILES string of the molecule is CCCC(=O)NCCCCCc1nc2ccccc2n1CCOc1ccc(C)c(C)c1. The van der Waals surface area contributed by atoms with Crippen molar-refractivity contribution < 1.29 is 9.53 Å². The molecule has 1 heterocycles. The smallest absolute Gasteiger partial charge is 0.219 e. The summed E-state index contributed by atoms with van der Waals surface area (Å²) in [5.74, 6) is 2.19. The third-order valence-corrected chi connectivity index (χ3v) is 5.67. The van der Waals surface area contributed by atoms with E-state index in [0.717, 1.165) is 67.8 Å². The number of amides is 1. The van der Waals surface area contributed by atoms with Gasteiger partial charge in [0.2, 0.25) is 5.91 Å². The van der Waals surface area contributed by atoms with E-state index < -0.39 is 0 Å². The molecule has 1 aromatic heterocycles. The van der Waals surface area contributed by atoms with Gasteiger partial charge in [-0.1, -0.05) is 31.5 Å². The van der Waals surface area contributed by atoms with Crippen molar-refractivity contribution in [2.45, 2.75) is 65.8 Å². The van der Waals surface area contributed by atoms with Crippen molar-refractivity contribution in [2.75, 3.05) is 13.2 Å². The molecule has 0 bridgehead atoms. The molecule has 0 aliphatic heterocycles. The topological polar surface area (TPSA) is 56.2 Å². The Bertz CT molecular complexity index is 993. The van der Waals surface area contributed by atoms with Gasteiger partial charge in [-0.05, 0) is 68.5 Å². The Kier molecular flexibility index (Phi) is 8.51. The lowest BCUT2D eigenvalue weighted by Gasteiger charge is -2.12. The quantitative estimate of drug-likeness (QED) is 0.401. The van der Waals surface area contributed by atoms with Crippen LogP contribution >= 0.6 is 0 Å². The van der Waals surface area contributed by atoms with Crippen LogP contribution < -0.4 is 10.1 Å². The summed E-state index contributed by atoms with van der Waals surface area (Å²) in [4.78, 5) is 16.4. The van der Waals surface area contributed by atoms with E-state index in [-0.39, 0.29) is 5.91 Å². The Morgan fingerprint density at radius 2 is 1.90 bits per heavy atom. The molecule has 1 amide bonds. The minimum absolute atomic E-state index is 0.160. The minimum Gasteiger partial charge on any atom is -0.492 e. The van der Waals surface area contributed by atoms with E-state index in [4.69, 9.17) is 9.72 Å². The number of carbonyl (C=O) groups excluding carboxylic acids is 1. The number of hydrogen-bond donors (Lipinski definition) is 1. The number of hydrogen-bond acceptors (Lipinski definition) is 3. The second-order valence-corrected chi connectivity index (χ2v) is 8.17. The zero-order valence-electron chi connectivity index (χ0n) is 19.1. The Hall–Kier alpha value is -2.82. The molecule has 0 spiro atoms. The molecule has 0 aliphatic carbocycles. The zero-order chi connectivity index (χ0) is 22.1. The highest BCUT2D eigenvalue weighted by molar-refractivity contribution is 5.76. The van der Waals surface area contributed by atoms with Crippen LogP contribution in [0, 0.1) is 13.8 Å². The molecule has 0 saturated carbocycles. The number of aryl methyl sites for hydroxylation is 3. The Balaban J connectivity index is 1.54. The molecule has 2 aromatic carbocycles. The number of unbranched alkanes of at least 4 members (excludes halogenated alkanes) is 2. The maximum Gasteiger partial charge on any atom is 0.219 e. The van der Waals surface area contributed by atoms with Crippen molar-refractivity contribution in [3.8, 4) is 5.75 Å². The summed E-state index contributed by atoms with van der Waals surface area (Å²) >= 11 is 0. The van der Waals surface area contributed by atoms with E-state index in [9.17, 15) is 4.79 Å². The Morgan fingerprint density at radius 1 is 1.06 bits per heavy atom. The number of para-hydroxylation sites is 2. The fourth-order valence-electron chi connectivity index (χ4n) is 3.75. The Labute approximate surface area is 185 Å². The predicted octanol–water partition coefficient (Wildman–Crippen LogP) is 5.36. The normalized spacial score (nSPS) is 11.1. The maximum absolute atomic E-state index is 11.5. The summed E-state index contributed by atoms with van der Waals surface area (Å²) in [5, 5.41) is 2.99. The molecular formula is C26H35N3O2. The number of imidazole rings is 1. The lowest BCUT2D eigenvalue weighted by atomic mass is 10.1. The first-order chi connectivity index (χ1) is 15.1. The van der Waals surface area contributed by atoms with Crippen molar-refractivity contribution in [3.63, 3.8) is 0 Å². The highest BCUT2D eigenvalue weighted by atomic mass is 16.5. The number of nitrogens with zero attached hydrogens (tertiary/aromatic N) is 2. The fraction of sp³-hybridized carbons (Fsp3) is 0.462. The molecule has 0 saturated heterocycles. The third kappa shape index (κ3) is 6.58. The van der Waals surface area contributed by atoms with E-state index in [0.29, 0.717) is 13.0 Å². The molecule has 5 nitrogen and oxygen atoms in total. The van der Waals surface area contributed by atoms with Gasteiger partial charge >= 0.3 is 0 Å². The molecule has 0 radical (unpaired) electrons.